The van der Waals surface area contributed by atoms with Crippen LogP contribution in [0, 0.1) is 59.7 Å². The van der Waals surface area contributed by atoms with Crippen LogP contribution in [0.4, 0.5) is 0 Å². The van der Waals surface area contributed by atoms with Gasteiger partial charge in [0, 0.05) is 0 Å². The largest absolute Gasteiger partial charge is 5.00 e. The summed E-state index contributed by atoms with van der Waals surface area (Å²) in [6.45, 7) is 11.5. The average molecular weight is 467 g/mol. The van der Waals surface area contributed by atoms with Gasteiger partial charge in [-0.25, -0.2) is 15.3 Å². The third kappa shape index (κ3) is 21.0. The van der Waals surface area contributed by atoms with E-state index in [2.05, 4.69) is 48.8 Å². The molecule has 3 aromatic rings. The molecular weight excluding hydrogens is 446 g/mol. The fourth-order valence-electron chi connectivity index (χ4n) is 1.48. The molecule has 0 amide bonds. The van der Waals surface area contributed by atoms with Crippen molar-refractivity contribution in [2.75, 3.05) is 0 Å². The van der Waals surface area contributed by atoms with Crippen LogP contribution in [0.25, 0.3) is 0 Å². The Kier molecular flexibility index (Phi) is 23.2. The fourth-order valence-corrected chi connectivity index (χ4v) is 1.48. The fraction of sp³-hybridized carbons (Fsp3) is 0.400. The Balaban J connectivity index is -0.000000135. The second-order valence-electron chi connectivity index (χ2n) is 4.97. The smallest absolute Gasteiger partial charge is 1.00 e. The van der Waals surface area contributed by atoms with Gasteiger partial charge in [0.15, 0.2) is 0 Å². The first-order chi connectivity index (χ1) is 11.6. The van der Waals surface area contributed by atoms with Crippen molar-refractivity contribution in [3.63, 3.8) is 0 Å². The molecule has 0 aliphatic rings. The predicted molar refractivity (Wildman–Crippen MR) is 86.4 cm³/mol. The minimum atomic E-state index is -2.92. The van der Waals surface area contributed by atoms with Crippen LogP contribution in [0.15, 0.2) is 0 Å². The SMILES string of the molecule is Cc1[c-]c(C)[nH]n1.Cc1[c-]c(C)[nH]n1.Cc1[c-]c(C)[nH]n1.[Cl-].[Cl-].[Cr+5].[O-]B([O-])[O-]. The van der Waals surface area contributed by atoms with E-state index in [0.717, 1.165) is 34.2 Å². The number of hydrogen-bond donors (Lipinski definition) is 3. The molecule has 3 heterocycles. The van der Waals surface area contributed by atoms with Crippen molar-refractivity contribution in [1.82, 2.24) is 30.6 Å². The Morgan fingerprint density at radius 2 is 0.786 bits per heavy atom. The van der Waals surface area contributed by atoms with Gasteiger partial charge in [-0.1, -0.05) is 41.5 Å². The molecule has 0 aliphatic heterocycles. The quantitative estimate of drug-likeness (QED) is 0.221. The molecule has 3 rings (SSSR count). The molecule has 9 nitrogen and oxygen atoms in total. The van der Waals surface area contributed by atoms with Crippen molar-refractivity contribution in [2.24, 2.45) is 0 Å². The Morgan fingerprint density at radius 3 is 0.821 bits per heavy atom. The van der Waals surface area contributed by atoms with Crippen LogP contribution in [-0.2, 0) is 17.4 Å². The van der Waals surface area contributed by atoms with Gasteiger partial charge in [-0.3, -0.25) is 7.32 Å². The van der Waals surface area contributed by atoms with Gasteiger partial charge in [-0.15, -0.1) is 34.2 Å². The second-order valence-corrected chi connectivity index (χ2v) is 4.97. The molecule has 155 valence electrons. The van der Waals surface area contributed by atoms with Crippen molar-refractivity contribution in [3.05, 3.63) is 52.4 Å². The number of nitrogens with zero attached hydrogens (tertiary/aromatic N) is 3. The van der Waals surface area contributed by atoms with Gasteiger partial charge in [0.2, 0.25) is 0 Å². The van der Waals surface area contributed by atoms with Gasteiger partial charge in [0.25, 0.3) is 0 Å². The molecule has 0 spiro atoms. The van der Waals surface area contributed by atoms with Crippen LogP contribution in [0.5, 0.6) is 0 Å². The zero-order valence-electron chi connectivity index (χ0n) is 16.3. The first kappa shape index (κ1) is 34.2. The summed E-state index contributed by atoms with van der Waals surface area (Å²) < 4.78 is 0. The van der Waals surface area contributed by atoms with Crippen LogP contribution >= 0.6 is 0 Å². The molecule has 3 aromatic heterocycles. The molecule has 0 saturated heterocycles. The summed E-state index contributed by atoms with van der Waals surface area (Å²) >= 11 is 0. The van der Waals surface area contributed by atoms with Crippen molar-refractivity contribution in [3.8, 4) is 0 Å². The number of aromatic amines is 3. The number of aromatic nitrogens is 6. The maximum Gasteiger partial charge on any atom is 5.00 e. The number of hydrogen-bond acceptors (Lipinski definition) is 6. The molecule has 13 heteroatoms. The molecule has 0 bridgehead atoms. The van der Waals surface area contributed by atoms with E-state index in [-0.39, 0.29) is 42.2 Å². The summed E-state index contributed by atoms with van der Waals surface area (Å²) in [7, 11) is -2.92. The Bertz CT molecular complexity index is 581. The molecule has 3 N–H and O–H groups in total. The summed E-state index contributed by atoms with van der Waals surface area (Å²) in [4.78, 5) is 0. The Morgan fingerprint density at radius 1 is 0.607 bits per heavy atom. The third-order valence-corrected chi connectivity index (χ3v) is 2.28. The number of H-pyrrole nitrogens is 3. The minimum absolute atomic E-state index is 0. The summed E-state index contributed by atoms with van der Waals surface area (Å²) in [5.74, 6) is 0. The van der Waals surface area contributed by atoms with Gasteiger partial charge in [0.05, 0.1) is 0 Å². The van der Waals surface area contributed by atoms with Crippen molar-refractivity contribution in [1.29, 1.82) is 0 Å². The maximum absolute atomic E-state index is 8.42. The molecule has 28 heavy (non-hydrogen) atoms. The summed E-state index contributed by atoms with van der Waals surface area (Å²) in [6.07, 6.45) is 0. The van der Waals surface area contributed by atoms with Crippen molar-refractivity contribution >= 4 is 7.32 Å². The van der Waals surface area contributed by atoms with Crippen molar-refractivity contribution in [2.45, 2.75) is 41.5 Å². The first-order valence-corrected chi connectivity index (χ1v) is 7.30. The van der Waals surface area contributed by atoms with E-state index in [0.29, 0.717) is 0 Å². The number of aryl methyl sites for hydroxylation is 6. The van der Waals surface area contributed by atoms with E-state index in [1.165, 1.54) is 0 Å². The normalized spacial score (nSPS) is 8.04. The first-order valence-electron chi connectivity index (χ1n) is 7.30. The van der Waals surface area contributed by atoms with Gasteiger partial charge >= 0.3 is 17.4 Å². The van der Waals surface area contributed by atoms with E-state index in [1.54, 1.807) is 0 Å². The zero-order valence-corrected chi connectivity index (χ0v) is 19.1. The number of halogens is 2. The van der Waals surface area contributed by atoms with E-state index < -0.39 is 7.32 Å². The summed E-state index contributed by atoms with van der Waals surface area (Å²) in [5.41, 5.74) is 5.78. The van der Waals surface area contributed by atoms with Crippen LogP contribution in [0.1, 0.15) is 34.2 Å². The van der Waals surface area contributed by atoms with E-state index in [9.17, 15) is 0 Å². The molecule has 0 unspecified atom stereocenters. The van der Waals surface area contributed by atoms with Crippen LogP contribution in [-0.4, -0.2) is 37.9 Å². The molecule has 0 aliphatic carbocycles. The molecule has 0 fully saturated rings. The monoisotopic (exact) mass is 466 g/mol. The van der Waals surface area contributed by atoms with Gasteiger partial charge in [-0.2, -0.15) is 0 Å². The van der Waals surface area contributed by atoms with Crippen LogP contribution in [0.2, 0.25) is 0 Å². The Hall–Kier alpha value is -1.31. The summed E-state index contributed by atoms with van der Waals surface area (Å²) in [5, 5.41) is 45.0. The molecule has 0 atom stereocenters. The number of rotatable bonds is 0. The van der Waals surface area contributed by atoms with Crippen molar-refractivity contribution < 1.29 is 57.2 Å². The molecule has 1 radical (unpaired) electrons. The van der Waals surface area contributed by atoms with Crippen LogP contribution < -0.4 is 39.9 Å². The minimum Gasteiger partial charge on any atom is -1.00 e. The van der Waals surface area contributed by atoms with Gasteiger partial charge in [-0.05, 0) is 0 Å². The van der Waals surface area contributed by atoms with Gasteiger partial charge in [0.1, 0.15) is 0 Å². The molecule has 0 saturated carbocycles. The third-order valence-electron chi connectivity index (χ3n) is 2.28. The standard InChI is InChI=1S/3C5H7N2.BO3.2ClH.Cr/c3*1-4-3-5(2)7-6-4;2-1(3)4;;;/h3*1-2H3,(H,6,7);;2*1H;/q3*-1;-3;;;+5/p-2. The van der Waals surface area contributed by atoms with Crippen LogP contribution in [0.3, 0.4) is 0 Å². The molecular formula is C15H21BCl2CrN6O3-3. The average Bonchev–Trinajstić information content (AvgIpc) is 3.15. The maximum atomic E-state index is 8.42. The van der Waals surface area contributed by atoms with E-state index in [4.69, 9.17) is 15.1 Å². The zero-order chi connectivity index (χ0) is 19.4. The predicted octanol–water partition coefficient (Wildman–Crippen LogP) is -7.46. The number of nitrogens with one attached hydrogen (secondary N) is 3. The summed E-state index contributed by atoms with van der Waals surface area (Å²) in [6, 6.07) is 8.92. The van der Waals surface area contributed by atoms with E-state index >= 15 is 0 Å². The Labute approximate surface area is 188 Å². The molecule has 0 aromatic carbocycles. The topological polar surface area (TPSA) is 155 Å². The van der Waals surface area contributed by atoms with E-state index in [1.807, 2.05) is 41.5 Å². The second kappa shape index (κ2) is 19.0. The van der Waals surface area contributed by atoms with Gasteiger partial charge < -0.3 is 73.4 Å².